The van der Waals surface area contributed by atoms with Gasteiger partial charge in [-0.05, 0) is 25.1 Å². The summed E-state index contributed by atoms with van der Waals surface area (Å²) < 4.78 is 7.41. The van der Waals surface area contributed by atoms with Crippen LogP contribution in [0.3, 0.4) is 0 Å². The topological polar surface area (TPSA) is 67.6 Å². The highest BCUT2D eigenvalue weighted by Crippen LogP contribution is 2.19. The molecule has 0 atom stereocenters. The van der Waals surface area contributed by atoms with E-state index in [1.54, 1.807) is 13.4 Å². The summed E-state index contributed by atoms with van der Waals surface area (Å²) in [5.41, 5.74) is 2.12. The van der Waals surface area contributed by atoms with Crippen molar-refractivity contribution in [3.8, 4) is 11.4 Å². The van der Waals surface area contributed by atoms with Gasteiger partial charge in [0.1, 0.15) is 18.6 Å². The fourth-order valence-electron chi connectivity index (χ4n) is 2.95. The number of benzene rings is 2. The second-order valence-electron chi connectivity index (χ2n) is 6.29. The molecule has 3 rings (SSSR count). The molecule has 1 N–H and O–H groups in total. The summed E-state index contributed by atoms with van der Waals surface area (Å²) in [6.45, 7) is 3.94. The Morgan fingerprint density at radius 1 is 1.14 bits per heavy atom. The Morgan fingerprint density at radius 3 is 2.59 bits per heavy atom. The lowest BCUT2D eigenvalue weighted by Crippen LogP contribution is -2.38. The molecule has 0 radical (unpaired) electrons. The summed E-state index contributed by atoms with van der Waals surface area (Å²) in [5, 5.41) is 11.6. The van der Waals surface area contributed by atoms with Gasteiger partial charge in [-0.2, -0.15) is 0 Å². The molecule has 0 bridgehead atoms. The van der Waals surface area contributed by atoms with Crippen molar-refractivity contribution in [1.82, 2.24) is 25.0 Å². The minimum Gasteiger partial charge on any atom is -0.496 e. The van der Waals surface area contributed by atoms with Crippen LogP contribution in [0.15, 0.2) is 65.9 Å². The lowest BCUT2D eigenvalue weighted by atomic mass is 10.2. The molecule has 0 spiro atoms. The van der Waals surface area contributed by atoms with Crippen LogP contribution in [0.2, 0.25) is 0 Å². The third kappa shape index (κ3) is 5.93. The molecule has 0 aliphatic rings. The fraction of sp³-hybridized carbons (Fsp3) is 0.286. The summed E-state index contributed by atoms with van der Waals surface area (Å²) in [4.78, 5) is 6.83. The number of aromatic nitrogens is 3. The van der Waals surface area contributed by atoms with Crippen molar-refractivity contribution in [2.24, 2.45) is 4.99 Å². The molecule has 0 aliphatic carbocycles. The number of halogens is 1. The molecule has 154 valence electrons. The molecule has 2 aromatic carbocycles. The molecule has 8 heteroatoms. The first-order valence-electron chi connectivity index (χ1n) is 9.28. The third-order valence-corrected chi connectivity index (χ3v) is 4.32. The van der Waals surface area contributed by atoms with Gasteiger partial charge in [-0.3, -0.25) is 4.57 Å². The first-order valence-corrected chi connectivity index (χ1v) is 9.28. The van der Waals surface area contributed by atoms with E-state index in [-0.39, 0.29) is 24.0 Å². The van der Waals surface area contributed by atoms with Gasteiger partial charge < -0.3 is 15.0 Å². The first-order chi connectivity index (χ1) is 13.7. The number of rotatable bonds is 7. The smallest absolute Gasteiger partial charge is 0.194 e. The summed E-state index contributed by atoms with van der Waals surface area (Å²) in [6.07, 6.45) is 1.71. The Hall–Kier alpha value is -2.62. The number of aliphatic imine (C=N–C) groups is 1. The van der Waals surface area contributed by atoms with Gasteiger partial charge >= 0.3 is 0 Å². The molecular weight excluding hydrogens is 479 g/mol. The minimum absolute atomic E-state index is 0. The predicted molar refractivity (Wildman–Crippen MR) is 126 cm³/mol. The Labute approximate surface area is 188 Å². The maximum atomic E-state index is 5.46. The van der Waals surface area contributed by atoms with E-state index in [0.29, 0.717) is 13.1 Å². The van der Waals surface area contributed by atoms with Crippen LogP contribution < -0.4 is 10.1 Å². The predicted octanol–water partition coefficient (Wildman–Crippen LogP) is 3.49. The highest BCUT2D eigenvalue weighted by Gasteiger charge is 2.11. The van der Waals surface area contributed by atoms with Gasteiger partial charge in [-0.25, -0.2) is 4.99 Å². The quantitative estimate of drug-likeness (QED) is 0.302. The zero-order chi connectivity index (χ0) is 19.8. The van der Waals surface area contributed by atoms with E-state index in [1.807, 2.05) is 60.1 Å². The molecule has 7 nitrogen and oxygen atoms in total. The van der Waals surface area contributed by atoms with E-state index in [0.717, 1.165) is 35.3 Å². The molecule has 1 aromatic heterocycles. The average molecular weight is 506 g/mol. The molecule has 0 saturated heterocycles. The fourth-order valence-corrected chi connectivity index (χ4v) is 2.95. The standard InChI is InChI=1S/C21H26N6O.HI/c1-4-22-21(26(2)15-17-10-8-9-13-19(17)28-3)23-14-20-25-24-16-27(20)18-11-6-5-7-12-18;/h5-13,16H,4,14-15H2,1-3H3,(H,22,23);1H. The van der Waals surface area contributed by atoms with Crippen molar-refractivity contribution < 1.29 is 4.74 Å². The van der Waals surface area contributed by atoms with Crippen molar-refractivity contribution in [2.45, 2.75) is 20.0 Å². The highest BCUT2D eigenvalue weighted by atomic mass is 127. The van der Waals surface area contributed by atoms with Gasteiger partial charge in [0.05, 0.1) is 7.11 Å². The van der Waals surface area contributed by atoms with E-state index in [2.05, 4.69) is 33.4 Å². The van der Waals surface area contributed by atoms with Gasteiger partial charge in [0.15, 0.2) is 11.8 Å². The van der Waals surface area contributed by atoms with E-state index in [9.17, 15) is 0 Å². The number of nitrogens with zero attached hydrogens (tertiary/aromatic N) is 5. The molecule has 0 amide bonds. The van der Waals surface area contributed by atoms with E-state index < -0.39 is 0 Å². The lowest BCUT2D eigenvalue weighted by molar-refractivity contribution is 0.396. The third-order valence-electron chi connectivity index (χ3n) is 4.32. The Morgan fingerprint density at radius 2 is 1.86 bits per heavy atom. The molecule has 0 saturated carbocycles. The Kier molecular flexibility index (Phi) is 8.91. The van der Waals surface area contributed by atoms with Gasteiger partial charge in [0.25, 0.3) is 0 Å². The number of para-hydroxylation sites is 2. The Balaban J connectivity index is 0.00000300. The SMILES string of the molecule is CCNC(=NCc1nncn1-c1ccccc1)N(C)Cc1ccccc1OC.I. The van der Waals surface area contributed by atoms with Gasteiger partial charge in [-0.15, -0.1) is 34.2 Å². The number of hydrogen-bond acceptors (Lipinski definition) is 4. The highest BCUT2D eigenvalue weighted by molar-refractivity contribution is 14.0. The largest absolute Gasteiger partial charge is 0.496 e. The van der Waals surface area contributed by atoms with Gasteiger partial charge in [0, 0.05) is 31.4 Å². The van der Waals surface area contributed by atoms with Crippen molar-refractivity contribution in [2.75, 3.05) is 20.7 Å². The number of methoxy groups -OCH3 is 1. The number of nitrogens with one attached hydrogen (secondary N) is 1. The van der Waals surface area contributed by atoms with Crippen molar-refractivity contribution >= 4 is 29.9 Å². The summed E-state index contributed by atoms with van der Waals surface area (Å²) in [7, 11) is 3.70. The normalized spacial score (nSPS) is 10.9. The molecule has 29 heavy (non-hydrogen) atoms. The molecular formula is C21H27IN6O. The van der Waals surface area contributed by atoms with Crippen molar-refractivity contribution in [3.05, 3.63) is 72.3 Å². The number of guanidine groups is 1. The number of ether oxygens (including phenoxy) is 1. The molecule has 0 unspecified atom stereocenters. The van der Waals surface area contributed by atoms with Crippen LogP contribution in [0, 0.1) is 0 Å². The van der Waals surface area contributed by atoms with Crippen LogP contribution >= 0.6 is 24.0 Å². The zero-order valence-electron chi connectivity index (χ0n) is 16.9. The molecule has 0 fully saturated rings. The minimum atomic E-state index is 0. The summed E-state index contributed by atoms with van der Waals surface area (Å²) in [6, 6.07) is 18.0. The monoisotopic (exact) mass is 506 g/mol. The average Bonchev–Trinajstić information content (AvgIpc) is 3.20. The van der Waals surface area contributed by atoms with Crippen LogP contribution in [0.1, 0.15) is 18.3 Å². The van der Waals surface area contributed by atoms with Crippen LogP contribution in [0.4, 0.5) is 0 Å². The van der Waals surface area contributed by atoms with Gasteiger partial charge in [0.2, 0.25) is 0 Å². The van der Waals surface area contributed by atoms with E-state index in [1.165, 1.54) is 0 Å². The van der Waals surface area contributed by atoms with Crippen molar-refractivity contribution in [1.29, 1.82) is 0 Å². The maximum absolute atomic E-state index is 5.46. The van der Waals surface area contributed by atoms with E-state index in [4.69, 9.17) is 9.73 Å². The Bertz CT molecular complexity index is 912. The second-order valence-corrected chi connectivity index (χ2v) is 6.29. The van der Waals surface area contributed by atoms with Crippen LogP contribution in [-0.4, -0.2) is 46.3 Å². The molecule has 0 aliphatic heterocycles. The number of hydrogen-bond donors (Lipinski definition) is 1. The second kappa shape index (κ2) is 11.4. The van der Waals surface area contributed by atoms with E-state index >= 15 is 0 Å². The van der Waals surface area contributed by atoms with Crippen LogP contribution in [0.5, 0.6) is 5.75 Å². The summed E-state index contributed by atoms with van der Waals surface area (Å²) >= 11 is 0. The molecule has 1 heterocycles. The van der Waals surface area contributed by atoms with Crippen molar-refractivity contribution in [3.63, 3.8) is 0 Å². The maximum Gasteiger partial charge on any atom is 0.194 e. The zero-order valence-corrected chi connectivity index (χ0v) is 19.3. The first kappa shape index (κ1) is 22.7. The molecule has 3 aromatic rings. The van der Waals surface area contributed by atoms with Gasteiger partial charge in [-0.1, -0.05) is 36.4 Å². The summed E-state index contributed by atoms with van der Waals surface area (Å²) in [5.74, 6) is 2.46. The van der Waals surface area contributed by atoms with Crippen LogP contribution in [0.25, 0.3) is 5.69 Å². The van der Waals surface area contributed by atoms with Crippen LogP contribution in [-0.2, 0) is 13.1 Å². The lowest BCUT2D eigenvalue weighted by Gasteiger charge is -2.23.